The van der Waals surface area contributed by atoms with E-state index in [1.54, 1.807) is 31.3 Å². The van der Waals surface area contributed by atoms with Crippen LogP contribution in [0.15, 0.2) is 29.4 Å². The third-order valence-electron chi connectivity index (χ3n) is 2.56. The van der Waals surface area contributed by atoms with E-state index in [0.717, 1.165) is 0 Å². The van der Waals surface area contributed by atoms with Gasteiger partial charge in [0.2, 0.25) is 5.90 Å². The Kier molecular flexibility index (Phi) is 1.97. The number of nitrogens with two attached hydrogens (primary N) is 1. The van der Waals surface area contributed by atoms with Crippen molar-refractivity contribution in [2.24, 2.45) is 10.8 Å². The van der Waals surface area contributed by atoms with Crippen molar-refractivity contribution < 1.29 is 9.90 Å². The number of likely N-dealkylation sites (N-methyl/N-ethyl adjacent to an activating group) is 1. The zero-order valence-corrected chi connectivity index (χ0v) is 8.21. The molecular weight excluding hydrogens is 194 g/mol. The number of aliphatic hydroxyl groups is 1. The van der Waals surface area contributed by atoms with Gasteiger partial charge < -0.3 is 5.11 Å². The zero-order chi connectivity index (χ0) is 11.1. The molecule has 0 bridgehead atoms. The molecule has 1 atom stereocenters. The van der Waals surface area contributed by atoms with Gasteiger partial charge in [-0.05, 0) is 6.07 Å². The first-order chi connectivity index (χ1) is 7.09. The predicted molar refractivity (Wildman–Crippen MR) is 55.3 cm³/mol. The molecule has 0 aliphatic carbocycles. The summed E-state index contributed by atoms with van der Waals surface area (Å²) in [7, 11) is 1.54. The Bertz CT molecular complexity index is 444. The predicted octanol–water partition coefficient (Wildman–Crippen LogP) is 0.162. The molecule has 0 fully saturated rings. The molecule has 0 saturated carbocycles. The van der Waals surface area contributed by atoms with Crippen molar-refractivity contribution in [2.75, 3.05) is 7.05 Å². The highest BCUT2D eigenvalue weighted by atomic mass is 16.3. The van der Waals surface area contributed by atoms with Crippen molar-refractivity contribution in [3.8, 4) is 0 Å². The number of hydrazone groups is 1. The topological polar surface area (TPSA) is 78.9 Å². The van der Waals surface area contributed by atoms with Crippen molar-refractivity contribution in [1.82, 2.24) is 5.01 Å². The Morgan fingerprint density at radius 1 is 1.53 bits per heavy atom. The molecule has 2 rings (SSSR count). The number of benzene rings is 1. The molecule has 5 heteroatoms. The standard InChI is InChI=1S/C10H11N3O2/c1-13-10(11,6-14)8-5-3-2-4-7(8)9(15)12-13/h2-6H,11H2,1H3,(H,12,15). The Morgan fingerprint density at radius 3 is 2.87 bits per heavy atom. The van der Waals surface area contributed by atoms with Crippen LogP contribution in [0.5, 0.6) is 0 Å². The summed E-state index contributed by atoms with van der Waals surface area (Å²) in [6.45, 7) is 0. The van der Waals surface area contributed by atoms with E-state index < -0.39 is 5.66 Å². The maximum Gasteiger partial charge on any atom is 0.236 e. The van der Waals surface area contributed by atoms with E-state index in [0.29, 0.717) is 17.4 Å². The highest BCUT2D eigenvalue weighted by molar-refractivity contribution is 5.96. The number of hydrogen-bond donors (Lipinski definition) is 2. The van der Waals surface area contributed by atoms with Gasteiger partial charge in [-0.1, -0.05) is 18.2 Å². The summed E-state index contributed by atoms with van der Waals surface area (Å²) in [5, 5.41) is 14.6. The van der Waals surface area contributed by atoms with Gasteiger partial charge in [-0.25, -0.2) is 0 Å². The van der Waals surface area contributed by atoms with E-state index >= 15 is 0 Å². The lowest BCUT2D eigenvalue weighted by molar-refractivity contribution is -0.118. The first-order valence-corrected chi connectivity index (χ1v) is 4.46. The summed E-state index contributed by atoms with van der Waals surface area (Å²) in [5.74, 6) is -0.129. The molecular formula is C10H11N3O2. The lowest BCUT2D eigenvalue weighted by atomic mass is 9.94. The third kappa shape index (κ3) is 1.20. The van der Waals surface area contributed by atoms with Crippen LogP contribution in [0, 0.1) is 0 Å². The van der Waals surface area contributed by atoms with Crippen molar-refractivity contribution in [3.05, 3.63) is 35.4 Å². The van der Waals surface area contributed by atoms with E-state index in [1.165, 1.54) is 5.01 Å². The molecule has 15 heavy (non-hydrogen) atoms. The molecule has 1 heterocycles. The first-order valence-electron chi connectivity index (χ1n) is 4.46. The number of aldehydes is 1. The lowest BCUT2D eigenvalue weighted by Gasteiger charge is -2.36. The number of nitrogens with zero attached hydrogens (tertiary/aromatic N) is 2. The van der Waals surface area contributed by atoms with Crippen molar-refractivity contribution in [2.45, 2.75) is 5.66 Å². The van der Waals surface area contributed by atoms with Crippen LogP contribution in [0.2, 0.25) is 0 Å². The van der Waals surface area contributed by atoms with Crippen LogP contribution in [-0.2, 0) is 10.5 Å². The molecule has 0 amide bonds. The maximum absolute atomic E-state index is 11.0. The molecule has 78 valence electrons. The van der Waals surface area contributed by atoms with Crippen molar-refractivity contribution >= 4 is 12.2 Å². The summed E-state index contributed by atoms with van der Waals surface area (Å²) < 4.78 is 0. The summed E-state index contributed by atoms with van der Waals surface area (Å²) in [5.41, 5.74) is 5.65. The summed E-state index contributed by atoms with van der Waals surface area (Å²) in [4.78, 5) is 11.0. The van der Waals surface area contributed by atoms with Gasteiger partial charge in [0, 0.05) is 18.2 Å². The smallest absolute Gasteiger partial charge is 0.236 e. The van der Waals surface area contributed by atoms with Crippen LogP contribution < -0.4 is 5.73 Å². The van der Waals surface area contributed by atoms with Crippen LogP contribution >= 0.6 is 0 Å². The van der Waals surface area contributed by atoms with Crippen LogP contribution in [0.3, 0.4) is 0 Å². The summed E-state index contributed by atoms with van der Waals surface area (Å²) >= 11 is 0. The SMILES string of the molecule is CN1N=C(O)c2ccccc2C1(N)C=O. The molecule has 1 aliphatic rings. The van der Waals surface area contributed by atoms with E-state index in [9.17, 15) is 9.90 Å². The fourth-order valence-electron chi connectivity index (χ4n) is 1.62. The van der Waals surface area contributed by atoms with Gasteiger partial charge in [-0.3, -0.25) is 15.5 Å². The number of rotatable bonds is 1. The monoisotopic (exact) mass is 205 g/mol. The minimum Gasteiger partial charge on any atom is -0.492 e. The molecule has 0 saturated heterocycles. The summed E-state index contributed by atoms with van der Waals surface area (Å²) in [6, 6.07) is 6.88. The first kappa shape index (κ1) is 9.67. The minimum atomic E-state index is -1.30. The number of carbonyl (C=O) groups is 1. The Morgan fingerprint density at radius 2 is 2.20 bits per heavy atom. The van der Waals surface area contributed by atoms with Gasteiger partial charge in [-0.15, -0.1) is 5.10 Å². The second-order valence-electron chi connectivity index (χ2n) is 3.44. The van der Waals surface area contributed by atoms with Gasteiger partial charge in [-0.2, -0.15) is 0 Å². The minimum absolute atomic E-state index is 0.129. The average molecular weight is 205 g/mol. The average Bonchev–Trinajstić information content (AvgIpc) is 2.26. The zero-order valence-electron chi connectivity index (χ0n) is 8.21. The third-order valence-corrected chi connectivity index (χ3v) is 2.56. The molecule has 1 aromatic rings. The highest BCUT2D eigenvalue weighted by Crippen LogP contribution is 2.27. The van der Waals surface area contributed by atoms with Crippen molar-refractivity contribution in [3.63, 3.8) is 0 Å². The molecule has 0 radical (unpaired) electrons. The summed E-state index contributed by atoms with van der Waals surface area (Å²) in [6.07, 6.45) is 0.613. The molecule has 3 N–H and O–H groups in total. The Balaban J connectivity index is 2.70. The lowest BCUT2D eigenvalue weighted by Crippen LogP contribution is -2.53. The quantitative estimate of drug-likeness (QED) is 0.640. The van der Waals surface area contributed by atoms with E-state index in [-0.39, 0.29) is 5.90 Å². The largest absolute Gasteiger partial charge is 0.492 e. The molecule has 1 aromatic carbocycles. The number of carbonyl (C=O) groups excluding carboxylic acids is 1. The number of hydrogen-bond acceptors (Lipinski definition) is 4. The van der Waals surface area contributed by atoms with E-state index in [4.69, 9.17) is 5.73 Å². The van der Waals surface area contributed by atoms with E-state index in [1.807, 2.05) is 0 Å². The Hall–Kier alpha value is -1.88. The van der Waals surface area contributed by atoms with Crippen LogP contribution in [0.1, 0.15) is 11.1 Å². The van der Waals surface area contributed by atoms with Gasteiger partial charge in [0.15, 0.2) is 11.9 Å². The molecule has 0 spiro atoms. The molecule has 0 aromatic heterocycles. The molecule has 1 aliphatic heterocycles. The van der Waals surface area contributed by atoms with E-state index in [2.05, 4.69) is 5.10 Å². The van der Waals surface area contributed by atoms with Crippen molar-refractivity contribution in [1.29, 1.82) is 0 Å². The fraction of sp³-hybridized carbons (Fsp3) is 0.200. The van der Waals surface area contributed by atoms with Gasteiger partial charge in [0.1, 0.15) is 0 Å². The molecule has 1 unspecified atom stereocenters. The van der Waals surface area contributed by atoms with Gasteiger partial charge >= 0.3 is 0 Å². The van der Waals surface area contributed by atoms with Crippen LogP contribution in [-0.4, -0.2) is 29.3 Å². The number of fused-ring (bicyclic) bond motifs is 1. The van der Waals surface area contributed by atoms with Gasteiger partial charge in [0.25, 0.3) is 0 Å². The highest BCUT2D eigenvalue weighted by Gasteiger charge is 2.38. The second kappa shape index (κ2) is 3.06. The molecule has 5 nitrogen and oxygen atoms in total. The second-order valence-corrected chi connectivity index (χ2v) is 3.44. The van der Waals surface area contributed by atoms with Gasteiger partial charge in [0.05, 0.1) is 0 Å². The maximum atomic E-state index is 11.0. The van der Waals surface area contributed by atoms with Crippen LogP contribution in [0.4, 0.5) is 0 Å². The Labute approximate surface area is 86.8 Å². The normalized spacial score (nSPS) is 24.4. The number of aliphatic hydroxyl groups excluding tert-OH is 1. The van der Waals surface area contributed by atoms with Crippen LogP contribution in [0.25, 0.3) is 0 Å². The fourth-order valence-corrected chi connectivity index (χ4v) is 1.62.